The Hall–Kier alpha value is -3.35. The number of unbranched alkanes of at least 4 members (excludes halogenated alkanes) is 2. The monoisotopic (exact) mass is 438 g/mol. The zero-order valence-electron chi connectivity index (χ0n) is 18.3. The van der Waals surface area contributed by atoms with E-state index in [-0.39, 0.29) is 24.9 Å². The van der Waals surface area contributed by atoms with E-state index in [1.54, 1.807) is 0 Å². The smallest absolute Gasteiger partial charge is 0.407 e. The van der Waals surface area contributed by atoms with E-state index in [1.165, 1.54) is 0 Å². The lowest BCUT2D eigenvalue weighted by Gasteiger charge is -2.18. The molecular weight excluding hydrogens is 408 g/mol. The lowest BCUT2D eigenvalue weighted by molar-refractivity contribution is -0.137. The summed E-state index contributed by atoms with van der Waals surface area (Å²) in [6.07, 6.45) is 1.96. The molecule has 0 spiro atoms. The number of fused-ring (bicyclic) bond motifs is 3. The van der Waals surface area contributed by atoms with Crippen LogP contribution >= 0.6 is 0 Å². The van der Waals surface area contributed by atoms with E-state index < -0.39 is 18.1 Å². The van der Waals surface area contributed by atoms with Crippen molar-refractivity contribution in [1.82, 2.24) is 10.6 Å². The molecule has 0 aliphatic heterocycles. The third-order valence-electron chi connectivity index (χ3n) is 5.73. The molecule has 1 atom stereocenters. The molecule has 0 aromatic heterocycles. The SMILES string of the molecule is CC[C@H](NC(=O)OCC1c2ccccc2-c2ccccc21)C(=O)NCCCCCC(=O)O. The van der Waals surface area contributed by atoms with Crippen molar-refractivity contribution in [3.63, 3.8) is 0 Å². The van der Waals surface area contributed by atoms with Crippen LogP contribution in [0.4, 0.5) is 4.79 Å². The normalized spacial score (nSPS) is 13.0. The molecule has 0 bridgehead atoms. The number of nitrogens with one attached hydrogen (secondary N) is 2. The Bertz CT molecular complexity index is 913. The van der Waals surface area contributed by atoms with Gasteiger partial charge in [-0.15, -0.1) is 0 Å². The lowest BCUT2D eigenvalue weighted by atomic mass is 9.98. The van der Waals surface area contributed by atoms with Crippen molar-refractivity contribution in [2.75, 3.05) is 13.2 Å². The predicted molar refractivity (Wildman–Crippen MR) is 121 cm³/mol. The molecule has 32 heavy (non-hydrogen) atoms. The Morgan fingerprint density at radius 3 is 2.19 bits per heavy atom. The number of benzene rings is 2. The molecule has 3 rings (SSSR count). The van der Waals surface area contributed by atoms with Crippen LogP contribution in [0.5, 0.6) is 0 Å². The zero-order chi connectivity index (χ0) is 22.9. The minimum atomic E-state index is -0.813. The third-order valence-corrected chi connectivity index (χ3v) is 5.73. The number of hydrogen-bond donors (Lipinski definition) is 3. The topological polar surface area (TPSA) is 105 Å². The molecular formula is C25H30N2O5. The fourth-order valence-electron chi connectivity index (χ4n) is 4.05. The van der Waals surface area contributed by atoms with Gasteiger partial charge in [-0.1, -0.05) is 61.9 Å². The number of carbonyl (C=O) groups excluding carboxylic acids is 2. The summed E-state index contributed by atoms with van der Waals surface area (Å²) in [6, 6.07) is 15.6. The molecule has 2 amide bonds. The van der Waals surface area contributed by atoms with Crippen molar-refractivity contribution in [2.45, 2.75) is 51.0 Å². The van der Waals surface area contributed by atoms with E-state index in [0.717, 1.165) is 28.7 Å². The molecule has 0 radical (unpaired) electrons. The van der Waals surface area contributed by atoms with Crippen LogP contribution in [0.3, 0.4) is 0 Å². The Morgan fingerprint density at radius 1 is 0.969 bits per heavy atom. The summed E-state index contributed by atoms with van der Waals surface area (Å²) in [5.74, 6) is -1.11. The van der Waals surface area contributed by atoms with Gasteiger partial charge in [-0.3, -0.25) is 9.59 Å². The van der Waals surface area contributed by atoms with Crippen LogP contribution in [-0.4, -0.2) is 42.3 Å². The summed E-state index contributed by atoms with van der Waals surface area (Å²) in [7, 11) is 0. The lowest BCUT2D eigenvalue weighted by Crippen LogP contribution is -2.46. The molecule has 0 saturated heterocycles. The van der Waals surface area contributed by atoms with Gasteiger partial charge in [0.15, 0.2) is 0 Å². The van der Waals surface area contributed by atoms with Crippen molar-refractivity contribution in [3.05, 3.63) is 59.7 Å². The molecule has 0 unspecified atom stereocenters. The van der Waals surface area contributed by atoms with Crippen molar-refractivity contribution in [2.24, 2.45) is 0 Å². The van der Waals surface area contributed by atoms with Gasteiger partial charge in [-0.25, -0.2) is 4.79 Å². The largest absolute Gasteiger partial charge is 0.481 e. The molecule has 170 valence electrons. The van der Waals surface area contributed by atoms with Crippen LogP contribution in [0.15, 0.2) is 48.5 Å². The van der Waals surface area contributed by atoms with E-state index in [1.807, 2.05) is 31.2 Å². The molecule has 1 aliphatic carbocycles. The molecule has 0 fully saturated rings. The van der Waals surface area contributed by atoms with Crippen LogP contribution in [0.1, 0.15) is 56.1 Å². The first-order chi connectivity index (χ1) is 15.5. The predicted octanol–water partition coefficient (Wildman–Crippen LogP) is 4.06. The highest BCUT2D eigenvalue weighted by Gasteiger charge is 2.29. The molecule has 2 aromatic carbocycles. The van der Waals surface area contributed by atoms with Crippen LogP contribution in [0, 0.1) is 0 Å². The number of carboxylic acids is 1. The second-order valence-electron chi connectivity index (χ2n) is 7.93. The highest BCUT2D eigenvalue weighted by atomic mass is 16.5. The second kappa shape index (κ2) is 11.3. The number of carboxylic acid groups (broad SMARTS) is 1. The Morgan fingerprint density at radius 2 is 1.59 bits per heavy atom. The highest BCUT2D eigenvalue weighted by Crippen LogP contribution is 2.44. The first-order valence-electron chi connectivity index (χ1n) is 11.1. The van der Waals surface area contributed by atoms with E-state index in [4.69, 9.17) is 9.84 Å². The molecule has 1 aliphatic rings. The van der Waals surface area contributed by atoms with Gasteiger partial charge in [0.1, 0.15) is 12.6 Å². The average Bonchev–Trinajstić information content (AvgIpc) is 3.11. The maximum absolute atomic E-state index is 12.4. The molecule has 3 N–H and O–H groups in total. The number of carbonyl (C=O) groups is 3. The summed E-state index contributed by atoms with van der Waals surface area (Å²) in [6.45, 7) is 2.46. The van der Waals surface area contributed by atoms with E-state index >= 15 is 0 Å². The Kier molecular flexibility index (Phi) is 8.25. The summed E-state index contributed by atoms with van der Waals surface area (Å²) in [5.41, 5.74) is 4.58. The number of amides is 2. The van der Waals surface area contributed by atoms with Gasteiger partial charge in [0.2, 0.25) is 5.91 Å². The second-order valence-corrected chi connectivity index (χ2v) is 7.93. The van der Waals surface area contributed by atoms with Crippen molar-refractivity contribution in [1.29, 1.82) is 0 Å². The minimum absolute atomic E-state index is 0.0344. The molecule has 7 heteroatoms. The number of hydrogen-bond acceptors (Lipinski definition) is 4. The summed E-state index contributed by atoms with van der Waals surface area (Å²) in [4.78, 5) is 35.3. The van der Waals surface area contributed by atoms with Gasteiger partial charge < -0.3 is 20.5 Å². The zero-order valence-corrected chi connectivity index (χ0v) is 18.3. The van der Waals surface area contributed by atoms with Gasteiger partial charge >= 0.3 is 12.1 Å². The summed E-state index contributed by atoms with van der Waals surface area (Å²) < 4.78 is 5.52. The standard InChI is InChI=1S/C25H30N2O5/c1-2-22(24(30)26-15-9-3-4-14-23(28)29)27-25(31)32-16-21-19-12-7-5-10-17(19)18-11-6-8-13-20(18)21/h5-8,10-13,21-22H,2-4,9,14-16H2,1H3,(H,26,30)(H,27,31)(H,28,29)/t22-/m0/s1. The number of alkyl carbamates (subject to hydrolysis) is 1. The van der Waals surface area contributed by atoms with Gasteiger partial charge in [0, 0.05) is 18.9 Å². The first kappa shape index (κ1) is 23.3. The van der Waals surface area contributed by atoms with Crippen LogP contribution in [0.25, 0.3) is 11.1 Å². The van der Waals surface area contributed by atoms with Crippen LogP contribution in [0.2, 0.25) is 0 Å². The molecule has 0 saturated carbocycles. The third kappa shape index (κ3) is 5.87. The van der Waals surface area contributed by atoms with Crippen molar-refractivity contribution >= 4 is 18.0 Å². The first-order valence-corrected chi connectivity index (χ1v) is 11.1. The molecule has 0 heterocycles. The summed E-state index contributed by atoms with van der Waals surface area (Å²) in [5, 5.41) is 14.1. The highest BCUT2D eigenvalue weighted by molar-refractivity contribution is 5.85. The van der Waals surface area contributed by atoms with E-state index in [0.29, 0.717) is 25.8 Å². The molecule has 7 nitrogen and oxygen atoms in total. The number of aliphatic carboxylic acids is 1. The van der Waals surface area contributed by atoms with E-state index in [9.17, 15) is 14.4 Å². The van der Waals surface area contributed by atoms with Crippen molar-refractivity contribution in [3.8, 4) is 11.1 Å². The van der Waals surface area contributed by atoms with Crippen molar-refractivity contribution < 1.29 is 24.2 Å². The quantitative estimate of drug-likeness (QED) is 0.459. The van der Waals surface area contributed by atoms with Gasteiger partial charge in [0.25, 0.3) is 0 Å². The maximum atomic E-state index is 12.4. The fraction of sp³-hybridized carbons (Fsp3) is 0.400. The Balaban J connectivity index is 1.47. The van der Waals surface area contributed by atoms with Gasteiger partial charge in [-0.05, 0) is 41.5 Å². The summed E-state index contributed by atoms with van der Waals surface area (Å²) >= 11 is 0. The van der Waals surface area contributed by atoms with Crippen LogP contribution in [-0.2, 0) is 14.3 Å². The van der Waals surface area contributed by atoms with Gasteiger partial charge in [-0.2, -0.15) is 0 Å². The molecule has 2 aromatic rings. The minimum Gasteiger partial charge on any atom is -0.481 e. The number of ether oxygens (including phenoxy) is 1. The Labute approximate surface area is 188 Å². The average molecular weight is 439 g/mol. The van der Waals surface area contributed by atoms with Gasteiger partial charge in [0.05, 0.1) is 0 Å². The van der Waals surface area contributed by atoms with E-state index in [2.05, 4.69) is 34.9 Å². The van der Waals surface area contributed by atoms with Crippen LogP contribution < -0.4 is 10.6 Å². The fourth-order valence-corrected chi connectivity index (χ4v) is 4.05. The number of rotatable bonds is 11. The maximum Gasteiger partial charge on any atom is 0.407 e.